The van der Waals surface area contributed by atoms with Gasteiger partial charge in [-0.25, -0.2) is 4.79 Å². The van der Waals surface area contributed by atoms with Gasteiger partial charge in [0.2, 0.25) is 5.91 Å². The lowest BCUT2D eigenvalue weighted by Crippen LogP contribution is -2.45. The van der Waals surface area contributed by atoms with Crippen LogP contribution in [-0.2, 0) is 4.79 Å². The molecule has 2 aromatic rings. The molecule has 22 heavy (non-hydrogen) atoms. The van der Waals surface area contributed by atoms with Crippen molar-refractivity contribution in [3.63, 3.8) is 0 Å². The largest absolute Gasteiger partial charge is 0.417 e. The molecule has 0 radical (unpaired) electrons. The minimum atomic E-state index is -0.473. The first-order valence-electron chi connectivity index (χ1n) is 7.71. The molecule has 6 heteroatoms. The molecule has 0 spiro atoms. The highest BCUT2D eigenvalue weighted by Gasteiger charge is 2.24. The highest BCUT2D eigenvalue weighted by Crippen LogP contribution is 2.19. The third-order valence-corrected chi connectivity index (χ3v) is 4.27. The Balaban J connectivity index is 1.67. The highest BCUT2D eigenvalue weighted by atomic mass is 16.4. The lowest BCUT2D eigenvalue weighted by atomic mass is 9.99. The molecule has 1 aromatic carbocycles. The van der Waals surface area contributed by atoms with Crippen LogP contribution in [0.4, 0.5) is 5.69 Å². The summed E-state index contributed by atoms with van der Waals surface area (Å²) in [5.41, 5.74) is 1.93. The SMILES string of the molecule is CC1CCN(C(=O)C(C)Nc2ccc3oc(=O)[nH]c3c2)CC1. The summed E-state index contributed by atoms with van der Waals surface area (Å²) in [4.78, 5) is 28.2. The third kappa shape index (κ3) is 3.00. The van der Waals surface area contributed by atoms with Crippen LogP contribution in [0.5, 0.6) is 0 Å². The van der Waals surface area contributed by atoms with Crippen molar-refractivity contribution < 1.29 is 9.21 Å². The number of rotatable bonds is 3. The fourth-order valence-electron chi connectivity index (χ4n) is 2.86. The first kappa shape index (κ1) is 14.7. The maximum atomic E-state index is 12.5. The van der Waals surface area contributed by atoms with Gasteiger partial charge in [-0.05, 0) is 43.9 Å². The van der Waals surface area contributed by atoms with E-state index in [4.69, 9.17) is 4.42 Å². The van der Waals surface area contributed by atoms with Crippen LogP contribution in [0.2, 0.25) is 0 Å². The number of carbonyl (C=O) groups is 1. The van der Waals surface area contributed by atoms with Crippen LogP contribution in [0.1, 0.15) is 26.7 Å². The van der Waals surface area contributed by atoms with E-state index in [2.05, 4.69) is 17.2 Å². The summed E-state index contributed by atoms with van der Waals surface area (Å²) in [6.07, 6.45) is 2.14. The van der Waals surface area contributed by atoms with Crippen LogP contribution in [0, 0.1) is 5.92 Å². The number of aromatic amines is 1. The van der Waals surface area contributed by atoms with Crippen molar-refractivity contribution in [2.24, 2.45) is 5.92 Å². The topological polar surface area (TPSA) is 78.3 Å². The second-order valence-corrected chi connectivity index (χ2v) is 6.10. The molecule has 0 saturated carbocycles. The lowest BCUT2D eigenvalue weighted by molar-refractivity contribution is -0.132. The van der Waals surface area contributed by atoms with Crippen LogP contribution in [0.15, 0.2) is 27.4 Å². The first-order chi connectivity index (χ1) is 10.5. The van der Waals surface area contributed by atoms with Crippen LogP contribution in [0.25, 0.3) is 11.1 Å². The van der Waals surface area contributed by atoms with E-state index < -0.39 is 5.76 Å². The number of hydrogen-bond acceptors (Lipinski definition) is 4. The van der Waals surface area contributed by atoms with Crippen LogP contribution < -0.4 is 11.1 Å². The molecule has 3 rings (SSSR count). The molecule has 1 atom stereocenters. The minimum absolute atomic E-state index is 0.118. The summed E-state index contributed by atoms with van der Waals surface area (Å²) in [7, 11) is 0. The van der Waals surface area contributed by atoms with Gasteiger partial charge in [0.1, 0.15) is 6.04 Å². The summed E-state index contributed by atoms with van der Waals surface area (Å²) in [5, 5.41) is 3.20. The van der Waals surface area contributed by atoms with Crippen molar-refractivity contribution in [3.8, 4) is 0 Å². The van der Waals surface area contributed by atoms with E-state index in [1.807, 2.05) is 11.8 Å². The maximum absolute atomic E-state index is 12.5. The number of likely N-dealkylation sites (tertiary alicyclic amines) is 1. The minimum Gasteiger partial charge on any atom is -0.408 e. The average molecular weight is 303 g/mol. The van der Waals surface area contributed by atoms with E-state index in [1.165, 1.54) is 0 Å². The van der Waals surface area contributed by atoms with Gasteiger partial charge in [-0.3, -0.25) is 9.78 Å². The summed E-state index contributed by atoms with van der Waals surface area (Å²) in [6, 6.07) is 5.00. The number of amides is 1. The molecule has 2 N–H and O–H groups in total. The molecule has 0 bridgehead atoms. The van der Waals surface area contributed by atoms with Crippen LogP contribution in [-0.4, -0.2) is 34.9 Å². The number of anilines is 1. The van der Waals surface area contributed by atoms with Crippen molar-refractivity contribution in [2.75, 3.05) is 18.4 Å². The Morgan fingerprint density at radius 3 is 2.86 bits per heavy atom. The Kier molecular flexibility index (Phi) is 3.92. The van der Waals surface area contributed by atoms with Gasteiger partial charge in [-0.1, -0.05) is 6.92 Å². The number of nitrogens with zero attached hydrogens (tertiary/aromatic N) is 1. The number of hydrogen-bond donors (Lipinski definition) is 2. The summed E-state index contributed by atoms with van der Waals surface area (Å²) >= 11 is 0. The van der Waals surface area contributed by atoms with E-state index in [-0.39, 0.29) is 11.9 Å². The monoisotopic (exact) mass is 303 g/mol. The zero-order valence-electron chi connectivity index (χ0n) is 12.9. The standard InChI is InChI=1S/C16H21N3O3/c1-10-5-7-19(8-6-10)15(20)11(2)17-12-3-4-14-13(9-12)18-16(21)22-14/h3-4,9-11,17H,5-8H2,1-2H3,(H,18,21). The lowest BCUT2D eigenvalue weighted by Gasteiger charge is -2.32. The van der Waals surface area contributed by atoms with Gasteiger partial charge in [0.15, 0.2) is 5.58 Å². The number of nitrogens with one attached hydrogen (secondary N) is 2. The van der Waals surface area contributed by atoms with Gasteiger partial charge < -0.3 is 14.6 Å². The van der Waals surface area contributed by atoms with E-state index in [1.54, 1.807) is 18.2 Å². The second-order valence-electron chi connectivity index (χ2n) is 6.10. The zero-order valence-corrected chi connectivity index (χ0v) is 12.9. The Morgan fingerprint density at radius 2 is 2.14 bits per heavy atom. The second kappa shape index (κ2) is 5.87. The van der Waals surface area contributed by atoms with Crippen LogP contribution in [0.3, 0.4) is 0 Å². The summed E-state index contributed by atoms with van der Waals surface area (Å²) in [5.74, 6) is 0.346. The molecule has 1 saturated heterocycles. The fraction of sp³-hybridized carbons (Fsp3) is 0.500. The van der Waals surface area contributed by atoms with Gasteiger partial charge >= 0.3 is 5.76 Å². The Hall–Kier alpha value is -2.24. The molecule has 1 unspecified atom stereocenters. The van der Waals surface area contributed by atoms with E-state index in [0.29, 0.717) is 17.0 Å². The predicted molar refractivity (Wildman–Crippen MR) is 84.9 cm³/mol. The molecule has 1 aromatic heterocycles. The maximum Gasteiger partial charge on any atom is 0.417 e. The van der Waals surface area contributed by atoms with E-state index in [9.17, 15) is 9.59 Å². The normalized spacial score (nSPS) is 17.6. The molecular weight excluding hydrogens is 282 g/mol. The number of oxazole rings is 1. The van der Waals surface area contributed by atoms with E-state index in [0.717, 1.165) is 31.6 Å². The van der Waals surface area contributed by atoms with Crippen molar-refractivity contribution in [3.05, 3.63) is 28.7 Å². The number of aromatic nitrogens is 1. The summed E-state index contributed by atoms with van der Waals surface area (Å²) < 4.78 is 4.97. The van der Waals surface area contributed by atoms with Crippen molar-refractivity contribution in [1.82, 2.24) is 9.88 Å². The predicted octanol–water partition coefficient (Wildman–Crippen LogP) is 2.18. The Labute approximate surface area is 128 Å². The third-order valence-electron chi connectivity index (χ3n) is 4.27. The van der Waals surface area contributed by atoms with E-state index >= 15 is 0 Å². The highest BCUT2D eigenvalue weighted by molar-refractivity contribution is 5.85. The average Bonchev–Trinajstić information content (AvgIpc) is 2.86. The number of H-pyrrole nitrogens is 1. The molecule has 6 nitrogen and oxygen atoms in total. The molecule has 0 aliphatic carbocycles. The van der Waals surface area contributed by atoms with Gasteiger partial charge in [0, 0.05) is 18.8 Å². The van der Waals surface area contributed by atoms with Crippen molar-refractivity contribution >= 4 is 22.7 Å². The van der Waals surface area contributed by atoms with Gasteiger partial charge in [0.25, 0.3) is 0 Å². The summed E-state index contributed by atoms with van der Waals surface area (Å²) in [6.45, 7) is 5.76. The Morgan fingerprint density at radius 1 is 1.41 bits per heavy atom. The molecule has 1 aliphatic heterocycles. The quantitative estimate of drug-likeness (QED) is 0.911. The number of piperidine rings is 1. The molecule has 1 amide bonds. The number of carbonyl (C=O) groups excluding carboxylic acids is 1. The number of benzene rings is 1. The number of fused-ring (bicyclic) bond motifs is 1. The molecule has 1 fully saturated rings. The molecular formula is C16H21N3O3. The van der Waals surface area contributed by atoms with Gasteiger partial charge in [-0.15, -0.1) is 0 Å². The van der Waals surface area contributed by atoms with Crippen molar-refractivity contribution in [1.29, 1.82) is 0 Å². The Bertz CT molecular complexity index is 726. The first-order valence-corrected chi connectivity index (χ1v) is 7.71. The van der Waals surface area contributed by atoms with Gasteiger partial charge in [0.05, 0.1) is 5.52 Å². The smallest absolute Gasteiger partial charge is 0.408 e. The van der Waals surface area contributed by atoms with Crippen molar-refractivity contribution in [2.45, 2.75) is 32.7 Å². The zero-order chi connectivity index (χ0) is 15.7. The molecule has 1 aliphatic rings. The molecule has 118 valence electrons. The van der Waals surface area contributed by atoms with Gasteiger partial charge in [-0.2, -0.15) is 0 Å². The fourth-order valence-corrected chi connectivity index (χ4v) is 2.86. The van der Waals surface area contributed by atoms with Crippen LogP contribution >= 0.6 is 0 Å². The molecule has 2 heterocycles.